The van der Waals surface area contributed by atoms with Crippen LogP contribution in [0.15, 0.2) is 42.2 Å². The van der Waals surface area contributed by atoms with Crippen molar-refractivity contribution in [1.82, 2.24) is 4.90 Å². The molecule has 146 valence electrons. The van der Waals surface area contributed by atoms with E-state index in [4.69, 9.17) is 14.2 Å². The summed E-state index contributed by atoms with van der Waals surface area (Å²) in [5.41, 5.74) is 3.53. The number of benzene rings is 2. The molecule has 2 heterocycles. The number of methoxy groups -OCH3 is 1. The third-order valence-electron chi connectivity index (χ3n) is 5.00. The fourth-order valence-corrected chi connectivity index (χ4v) is 3.39. The zero-order valence-electron chi connectivity index (χ0n) is 16.4. The smallest absolute Gasteiger partial charge is 0.231 e. The summed E-state index contributed by atoms with van der Waals surface area (Å²) in [5, 5.41) is 0. The normalized spacial score (nSPS) is 17.1. The van der Waals surface area contributed by atoms with Crippen molar-refractivity contribution in [2.75, 3.05) is 46.0 Å². The van der Waals surface area contributed by atoms with Gasteiger partial charge in [0.15, 0.2) is 5.76 Å². The Morgan fingerprint density at radius 3 is 2.68 bits per heavy atom. The van der Waals surface area contributed by atoms with Crippen LogP contribution in [0, 0.1) is 0 Å². The van der Waals surface area contributed by atoms with Gasteiger partial charge in [-0.1, -0.05) is 12.1 Å². The number of rotatable bonds is 5. The zero-order chi connectivity index (χ0) is 19.7. The summed E-state index contributed by atoms with van der Waals surface area (Å²) in [5.74, 6) is 1.64. The Hall–Kier alpha value is -2.83. The molecule has 6 nitrogen and oxygen atoms in total. The summed E-state index contributed by atoms with van der Waals surface area (Å²) in [7, 11) is 5.67. The van der Waals surface area contributed by atoms with E-state index in [1.807, 2.05) is 49.3 Å². The predicted molar refractivity (Wildman–Crippen MR) is 108 cm³/mol. The number of hydrogen-bond acceptors (Lipinski definition) is 6. The molecule has 0 aromatic heterocycles. The average molecular weight is 380 g/mol. The van der Waals surface area contributed by atoms with Crippen molar-refractivity contribution in [2.45, 2.75) is 6.54 Å². The van der Waals surface area contributed by atoms with Gasteiger partial charge in [0, 0.05) is 40.0 Å². The molecule has 28 heavy (non-hydrogen) atoms. The number of carbonyl (C=O) groups excluding carboxylic acids is 1. The number of ether oxygens (including phenoxy) is 3. The van der Waals surface area contributed by atoms with Gasteiger partial charge in [0.05, 0.1) is 17.7 Å². The molecule has 4 rings (SSSR count). The van der Waals surface area contributed by atoms with E-state index in [1.54, 1.807) is 19.3 Å². The lowest BCUT2D eigenvalue weighted by molar-refractivity contribution is 0.0646. The second-order valence-electron chi connectivity index (χ2n) is 7.16. The van der Waals surface area contributed by atoms with Gasteiger partial charge in [-0.2, -0.15) is 0 Å². The molecule has 6 heteroatoms. The van der Waals surface area contributed by atoms with E-state index in [2.05, 4.69) is 4.90 Å². The topological polar surface area (TPSA) is 51.2 Å². The Kier molecular flexibility index (Phi) is 5.07. The van der Waals surface area contributed by atoms with E-state index >= 15 is 0 Å². The first-order chi connectivity index (χ1) is 13.6. The highest BCUT2D eigenvalue weighted by molar-refractivity contribution is 6.15. The fourth-order valence-electron chi connectivity index (χ4n) is 3.39. The van der Waals surface area contributed by atoms with Gasteiger partial charge >= 0.3 is 0 Å². The molecule has 2 aromatic rings. The predicted octanol–water partition coefficient (Wildman–Crippen LogP) is 3.17. The van der Waals surface area contributed by atoms with Crippen LogP contribution in [0.1, 0.15) is 21.5 Å². The first-order valence-corrected chi connectivity index (χ1v) is 9.28. The van der Waals surface area contributed by atoms with Crippen molar-refractivity contribution in [3.63, 3.8) is 0 Å². The number of carbonyl (C=O) groups is 1. The van der Waals surface area contributed by atoms with Crippen LogP contribution in [-0.4, -0.2) is 51.8 Å². The highest BCUT2D eigenvalue weighted by atomic mass is 16.5. The molecule has 0 atom stereocenters. The molecule has 0 saturated carbocycles. The minimum absolute atomic E-state index is 0.0940. The Morgan fingerprint density at radius 2 is 1.96 bits per heavy atom. The number of ketones is 1. The van der Waals surface area contributed by atoms with Gasteiger partial charge in [0.2, 0.25) is 5.78 Å². The second kappa shape index (κ2) is 7.66. The number of Topliss-reactive ketones (excluding diaryl/α,β-unsaturated/α-hetero) is 1. The molecule has 0 unspecified atom stereocenters. The lowest BCUT2D eigenvalue weighted by Crippen LogP contribution is -2.34. The van der Waals surface area contributed by atoms with Crippen LogP contribution in [0.4, 0.5) is 5.69 Å². The van der Waals surface area contributed by atoms with Crippen molar-refractivity contribution in [3.8, 4) is 11.5 Å². The van der Waals surface area contributed by atoms with Gasteiger partial charge in [0.1, 0.15) is 18.2 Å². The van der Waals surface area contributed by atoms with Crippen molar-refractivity contribution in [2.24, 2.45) is 0 Å². The zero-order valence-corrected chi connectivity index (χ0v) is 16.4. The van der Waals surface area contributed by atoms with Crippen LogP contribution in [0.25, 0.3) is 6.08 Å². The van der Waals surface area contributed by atoms with Crippen LogP contribution in [0.3, 0.4) is 0 Å². The minimum Gasteiger partial charge on any atom is -0.478 e. The molecule has 0 amide bonds. The lowest BCUT2D eigenvalue weighted by Gasteiger charge is -2.29. The summed E-state index contributed by atoms with van der Waals surface area (Å²) in [4.78, 5) is 17.0. The van der Waals surface area contributed by atoms with Crippen LogP contribution in [0.2, 0.25) is 0 Å². The monoisotopic (exact) mass is 380 g/mol. The summed E-state index contributed by atoms with van der Waals surface area (Å²) in [6, 6.07) is 11.6. The van der Waals surface area contributed by atoms with Crippen molar-refractivity contribution >= 4 is 17.5 Å². The van der Waals surface area contributed by atoms with E-state index in [1.165, 1.54) is 0 Å². The molecule has 0 aliphatic carbocycles. The largest absolute Gasteiger partial charge is 0.478 e. The van der Waals surface area contributed by atoms with Crippen LogP contribution in [0.5, 0.6) is 11.5 Å². The Balaban J connectivity index is 1.60. The third-order valence-corrected chi connectivity index (χ3v) is 5.00. The summed E-state index contributed by atoms with van der Waals surface area (Å²) >= 11 is 0. The van der Waals surface area contributed by atoms with Crippen LogP contribution in [-0.2, 0) is 11.3 Å². The summed E-state index contributed by atoms with van der Waals surface area (Å²) in [6.45, 7) is 2.56. The molecule has 2 aromatic carbocycles. The van der Waals surface area contributed by atoms with Gasteiger partial charge in [-0.25, -0.2) is 0 Å². The SMILES string of the molecule is COCCN1COc2ccc3c(c2C1)O/C(=C\c1ccc(N(C)C)cc1)C3=O. The number of fused-ring (bicyclic) bond motifs is 3. The maximum absolute atomic E-state index is 12.8. The molecule has 0 radical (unpaired) electrons. The van der Waals surface area contributed by atoms with E-state index < -0.39 is 0 Å². The molecular weight excluding hydrogens is 356 g/mol. The fraction of sp³-hybridized carbons (Fsp3) is 0.318. The quantitative estimate of drug-likeness (QED) is 0.743. The van der Waals surface area contributed by atoms with Crippen LogP contribution >= 0.6 is 0 Å². The van der Waals surface area contributed by atoms with E-state index in [9.17, 15) is 4.79 Å². The minimum atomic E-state index is -0.0940. The molecule has 2 aliphatic rings. The maximum Gasteiger partial charge on any atom is 0.231 e. The average Bonchev–Trinajstić information content (AvgIpc) is 3.02. The molecule has 0 fully saturated rings. The first kappa shape index (κ1) is 18.5. The van der Waals surface area contributed by atoms with Gasteiger partial charge < -0.3 is 19.1 Å². The second-order valence-corrected chi connectivity index (χ2v) is 7.16. The van der Waals surface area contributed by atoms with Crippen LogP contribution < -0.4 is 14.4 Å². The lowest BCUT2D eigenvalue weighted by atomic mass is 10.0. The highest BCUT2D eigenvalue weighted by Gasteiger charge is 2.33. The van der Waals surface area contributed by atoms with Gasteiger partial charge in [-0.05, 0) is 35.9 Å². The van der Waals surface area contributed by atoms with Gasteiger partial charge in [0.25, 0.3) is 0 Å². The Morgan fingerprint density at radius 1 is 1.18 bits per heavy atom. The number of nitrogens with zero attached hydrogens (tertiary/aromatic N) is 2. The van der Waals surface area contributed by atoms with Gasteiger partial charge in [-0.3, -0.25) is 9.69 Å². The Labute approximate surface area is 164 Å². The van der Waals surface area contributed by atoms with Crippen molar-refractivity contribution < 1.29 is 19.0 Å². The van der Waals surface area contributed by atoms with E-state index in [0.717, 1.165) is 29.1 Å². The van der Waals surface area contributed by atoms with E-state index in [0.29, 0.717) is 37.0 Å². The molecular formula is C22H24N2O4. The maximum atomic E-state index is 12.8. The first-order valence-electron chi connectivity index (χ1n) is 9.28. The molecule has 0 saturated heterocycles. The number of anilines is 1. The van der Waals surface area contributed by atoms with E-state index in [-0.39, 0.29) is 5.78 Å². The molecule has 0 bridgehead atoms. The number of allylic oxidation sites excluding steroid dienone is 1. The summed E-state index contributed by atoms with van der Waals surface area (Å²) in [6.07, 6.45) is 1.79. The number of hydrogen-bond donors (Lipinski definition) is 0. The third kappa shape index (κ3) is 3.48. The van der Waals surface area contributed by atoms with Gasteiger partial charge in [-0.15, -0.1) is 0 Å². The standard InChI is InChI=1S/C22H24N2O4/c1-23(2)16-6-4-15(5-7-16)12-20-21(25)17-8-9-19-18(22(17)28-20)13-24(14-27-19)10-11-26-3/h4-9,12H,10-11,13-14H2,1-3H3/b20-12-. The molecule has 2 aliphatic heterocycles. The highest BCUT2D eigenvalue weighted by Crippen LogP contribution is 2.42. The Bertz CT molecular complexity index is 919. The molecule has 0 N–H and O–H groups in total. The summed E-state index contributed by atoms with van der Waals surface area (Å²) < 4.78 is 17.0. The van der Waals surface area contributed by atoms with Crippen molar-refractivity contribution in [1.29, 1.82) is 0 Å². The molecule has 0 spiro atoms. The van der Waals surface area contributed by atoms with Crippen molar-refractivity contribution in [3.05, 3.63) is 58.8 Å².